The van der Waals surface area contributed by atoms with Crippen molar-refractivity contribution in [3.05, 3.63) is 84.3 Å². The van der Waals surface area contributed by atoms with Crippen LogP contribution in [0.1, 0.15) is 17.2 Å². The molecule has 0 radical (unpaired) electrons. The third-order valence-corrected chi connectivity index (χ3v) is 4.35. The Labute approximate surface area is 141 Å². The Hall–Kier alpha value is -3.01. The van der Waals surface area contributed by atoms with Gasteiger partial charge in [0.15, 0.2) is 0 Å². The molecule has 1 atom stereocenters. The maximum Gasteiger partial charge on any atom is 0.118 e. The molecule has 3 aromatic rings. The van der Waals surface area contributed by atoms with Crippen LogP contribution in [-0.4, -0.2) is 22.0 Å². The highest BCUT2D eigenvalue weighted by Crippen LogP contribution is 2.29. The smallest absolute Gasteiger partial charge is 0.118 e. The van der Waals surface area contributed by atoms with Crippen LogP contribution in [0.15, 0.2) is 73.2 Å². The molecule has 4 rings (SSSR count). The topological polar surface area (TPSA) is 41.1 Å². The molecule has 4 heteroatoms. The van der Waals surface area contributed by atoms with Gasteiger partial charge in [0.2, 0.25) is 0 Å². The summed E-state index contributed by atoms with van der Waals surface area (Å²) in [6, 6.07) is 14.9. The van der Waals surface area contributed by atoms with Crippen LogP contribution < -0.4 is 4.74 Å². The number of fused-ring (bicyclic) bond motifs is 1. The number of aromatic amines is 1. The maximum atomic E-state index is 5.26. The lowest BCUT2D eigenvalue weighted by Crippen LogP contribution is -2.23. The van der Waals surface area contributed by atoms with Gasteiger partial charge in [0, 0.05) is 12.7 Å². The van der Waals surface area contributed by atoms with Gasteiger partial charge >= 0.3 is 0 Å². The molecule has 120 valence electrons. The summed E-state index contributed by atoms with van der Waals surface area (Å²) in [5.74, 6) is 0.880. The summed E-state index contributed by atoms with van der Waals surface area (Å²) < 4.78 is 5.26. The normalized spacial score (nSPS) is 16.7. The second kappa shape index (κ2) is 6.24. The zero-order chi connectivity index (χ0) is 16.4. The van der Waals surface area contributed by atoms with Crippen molar-refractivity contribution in [3.63, 3.8) is 0 Å². The molecule has 1 aromatic heterocycles. The minimum absolute atomic E-state index is 0.221. The fraction of sp³-hybridized carbons (Fsp3) is 0.150. The lowest BCUT2D eigenvalue weighted by atomic mass is 10.0. The van der Waals surface area contributed by atoms with E-state index in [1.54, 1.807) is 13.4 Å². The standard InChI is InChI=1S/C20H19N3O/c1-24-17-8-6-16(7-9-17)20-4-2-3-11-23(20)13-15-5-10-18-19(12-15)22-14-21-18/h2-12,14,20H,13H2,1H3,(H,21,22). The molecule has 1 N–H and O–H groups in total. The highest BCUT2D eigenvalue weighted by Gasteiger charge is 2.17. The van der Waals surface area contributed by atoms with E-state index >= 15 is 0 Å². The summed E-state index contributed by atoms with van der Waals surface area (Å²) in [4.78, 5) is 9.79. The molecular formula is C20H19N3O. The number of hydrogen-bond donors (Lipinski definition) is 1. The number of ether oxygens (including phenoxy) is 1. The van der Waals surface area contributed by atoms with Crippen molar-refractivity contribution in [1.82, 2.24) is 14.9 Å². The number of imidazole rings is 1. The van der Waals surface area contributed by atoms with Crippen LogP contribution in [0.4, 0.5) is 0 Å². The summed E-state index contributed by atoms with van der Waals surface area (Å²) in [5, 5.41) is 0. The first-order chi connectivity index (χ1) is 11.8. The molecule has 0 fully saturated rings. The van der Waals surface area contributed by atoms with Gasteiger partial charge in [-0.05, 0) is 41.5 Å². The van der Waals surface area contributed by atoms with Crippen LogP contribution in [0.2, 0.25) is 0 Å². The van der Waals surface area contributed by atoms with Crippen molar-refractivity contribution in [2.45, 2.75) is 12.6 Å². The minimum atomic E-state index is 0.221. The first kappa shape index (κ1) is 14.6. The van der Waals surface area contributed by atoms with E-state index in [0.29, 0.717) is 0 Å². The summed E-state index contributed by atoms with van der Waals surface area (Å²) >= 11 is 0. The third kappa shape index (κ3) is 2.78. The SMILES string of the molecule is COc1ccc(C2C=CC=CN2Cc2ccc3nc[nH]c3c2)cc1. The van der Waals surface area contributed by atoms with E-state index in [-0.39, 0.29) is 6.04 Å². The highest BCUT2D eigenvalue weighted by atomic mass is 16.5. The molecule has 0 bridgehead atoms. The molecule has 0 saturated heterocycles. The zero-order valence-electron chi connectivity index (χ0n) is 13.5. The van der Waals surface area contributed by atoms with Crippen molar-refractivity contribution in [1.29, 1.82) is 0 Å². The largest absolute Gasteiger partial charge is 0.497 e. The van der Waals surface area contributed by atoms with Crippen LogP contribution in [0.25, 0.3) is 11.0 Å². The van der Waals surface area contributed by atoms with Crippen molar-refractivity contribution < 1.29 is 4.74 Å². The van der Waals surface area contributed by atoms with Gasteiger partial charge in [0.05, 0.1) is 30.5 Å². The van der Waals surface area contributed by atoms with E-state index in [4.69, 9.17) is 4.74 Å². The average Bonchev–Trinajstić information content (AvgIpc) is 3.10. The number of benzene rings is 2. The monoisotopic (exact) mass is 317 g/mol. The van der Waals surface area contributed by atoms with E-state index in [9.17, 15) is 0 Å². The van der Waals surface area contributed by atoms with E-state index in [2.05, 4.69) is 69.6 Å². The fourth-order valence-electron chi connectivity index (χ4n) is 3.08. The average molecular weight is 317 g/mol. The molecule has 0 amide bonds. The highest BCUT2D eigenvalue weighted by molar-refractivity contribution is 5.75. The first-order valence-electron chi connectivity index (χ1n) is 8.00. The van der Waals surface area contributed by atoms with Crippen molar-refractivity contribution in [3.8, 4) is 5.75 Å². The van der Waals surface area contributed by atoms with Gasteiger partial charge in [-0.3, -0.25) is 0 Å². The molecule has 4 nitrogen and oxygen atoms in total. The van der Waals surface area contributed by atoms with Crippen molar-refractivity contribution >= 4 is 11.0 Å². The fourth-order valence-corrected chi connectivity index (χ4v) is 3.08. The summed E-state index contributed by atoms with van der Waals surface area (Å²) in [5.41, 5.74) is 4.58. The predicted molar refractivity (Wildman–Crippen MR) is 95.7 cm³/mol. The molecule has 24 heavy (non-hydrogen) atoms. The van der Waals surface area contributed by atoms with Gasteiger partial charge in [-0.2, -0.15) is 0 Å². The van der Waals surface area contributed by atoms with E-state index in [1.165, 1.54) is 11.1 Å². The van der Waals surface area contributed by atoms with Crippen LogP contribution in [0, 0.1) is 0 Å². The summed E-state index contributed by atoms with van der Waals surface area (Å²) in [6.45, 7) is 0.840. The Kier molecular flexibility index (Phi) is 3.79. The molecule has 0 spiro atoms. The Bertz CT molecular complexity index is 893. The number of aromatic nitrogens is 2. The number of methoxy groups -OCH3 is 1. The molecule has 1 aliphatic heterocycles. The molecule has 2 aromatic carbocycles. The number of nitrogens with zero attached hydrogens (tertiary/aromatic N) is 2. The van der Waals surface area contributed by atoms with Gasteiger partial charge < -0.3 is 14.6 Å². The Morgan fingerprint density at radius 1 is 1.12 bits per heavy atom. The summed E-state index contributed by atoms with van der Waals surface area (Å²) in [7, 11) is 1.69. The van der Waals surface area contributed by atoms with Gasteiger partial charge in [0.25, 0.3) is 0 Å². The first-order valence-corrected chi connectivity index (χ1v) is 8.00. The third-order valence-electron chi connectivity index (χ3n) is 4.35. The molecular weight excluding hydrogens is 298 g/mol. The van der Waals surface area contributed by atoms with E-state index in [1.807, 2.05) is 12.1 Å². The maximum absolute atomic E-state index is 5.26. The van der Waals surface area contributed by atoms with Gasteiger partial charge in [0.1, 0.15) is 5.75 Å². The molecule has 0 saturated carbocycles. The predicted octanol–water partition coefficient (Wildman–Crippen LogP) is 4.20. The number of allylic oxidation sites excluding steroid dienone is 2. The summed E-state index contributed by atoms with van der Waals surface area (Å²) in [6.07, 6.45) is 10.3. The Morgan fingerprint density at radius 3 is 2.83 bits per heavy atom. The van der Waals surface area contributed by atoms with E-state index < -0.39 is 0 Å². The van der Waals surface area contributed by atoms with Crippen LogP contribution in [0.5, 0.6) is 5.75 Å². The molecule has 2 heterocycles. The van der Waals surface area contributed by atoms with Crippen molar-refractivity contribution in [2.75, 3.05) is 7.11 Å². The Morgan fingerprint density at radius 2 is 2.00 bits per heavy atom. The van der Waals surface area contributed by atoms with Gasteiger partial charge in [-0.15, -0.1) is 0 Å². The quantitative estimate of drug-likeness (QED) is 0.784. The lowest BCUT2D eigenvalue weighted by Gasteiger charge is -2.31. The van der Waals surface area contributed by atoms with E-state index in [0.717, 1.165) is 23.3 Å². The Balaban J connectivity index is 1.59. The van der Waals surface area contributed by atoms with Crippen LogP contribution >= 0.6 is 0 Å². The number of nitrogens with one attached hydrogen (secondary N) is 1. The number of rotatable bonds is 4. The molecule has 1 unspecified atom stereocenters. The van der Waals surface area contributed by atoms with Gasteiger partial charge in [-0.1, -0.05) is 30.4 Å². The second-order valence-electron chi connectivity index (χ2n) is 5.87. The number of H-pyrrole nitrogens is 1. The van der Waals surface area contributed by atoms with Crippen molar-refractivity contribution in [2.24, 2.45) is 0 Å². The zero-order valence-corrected chi connectivity index (χ0v) is 13.5. The number of hydrogen-bond acceptors (Lipinski definition) is 3. The van der Waals surface area contributed by atoms with Gasteiger partial charge in [-0.25, -0.2) is 4.98 Å². The second-order valence-corrected chi connectivity index (χ2v) is 5.87. The van der Waals surface area contributed by atoms with Crippen LogP contribution in [-0.2, 0) is 6.54 Å². The van der Waals surface area contributed by atoms with Crippen LogP contribution in [0.3, 0.4) is 0 Å². The molecule has 1 aliphatic rings. The minimum Gasteiger partial charge on any atom is -0.497 e. The lowest BCUT2D eigenvalue weighted by molar-refractivity contribution is 0.313. The molecule has 0 aliphatic carbocycles.